The number of nitrogens with zero attached hydrogens (tertiary/aromatic N) is 3. The zero-order chi connectivity index (χ0) is 20.9. The van der Waals surface area contributed by atoms with Gasteiger partial charge >= 0.3 is 5.63 Å². The molecule has 0 bridgehead atoms. The Morgan fingerprint density at radius 3 is 2.27 bits per heavy atom. The molecular weight excluding hydrogens is 382 g/mol. The summed E-state index contributed by atoms with van der Waals surface area (Å²) in [5.74, 6) is 0.957. The zero-order valence-corrected chi connectivity index (χ0v) is 17.7. The number of piperazine rings is 1. The van der Waals surface area contributed by atoms with Crippen LogP contribution in [0.3, 0.4) is 0 Å². The molecule has 1 N–H and O–H groups in total. The minimum absolute atomic E-state index is 0.106. The molecule has 0 atom stereocenters. The van der Waals surface area contributed by atoms with Gasteiger partial charge in [0.1, 0.15) is 17.8 Å². The molecule has 2 aromatic rings. The van der Waals surface area contributed by atoms with Gasteiger partial charge in [-0.25, -0.2) is 4.79 Å². The summed E-state index contributed by atoms with van der Waals surface area (Å²) in [4.78, 5) is 19.2. The maximum absolute atomic E-state index is 12.3. The van der Waals surface area contributed by atoms with Gasteiger partial charge in [-0.05, 0) is 50.2 Å². The lowest BCUT2D eigenvalue weighted by atomic mass is 10.1. The van der Waals surface area contributed by atoms with E-state index in [9.17, 15) is 9.90 Å². The number of hydrogen-bond acceptors (Lipinski definition) is 7. The molecule has 162 valence electrons. The van der Waals surface area contributed by atoms with E-state index in [0.29, 0.717) is 24.2 Å². The molecule has 0 radical (unpaired) electrons. The van der Waals surface area contributed by atoms with E-state index in [2.05, 4.69) is 26.8 Å². The number of methoxy groups -OCH3 is 1. The number of hydrogen-bond donors (Lipinski definition) is 1. The minimum Gasteiger partial charge on any atom is -0.507 e. The van der Waals surface area contributed by atoms with Crippen molar-refractivity contribution >= 4 is 5.69 Å². The van der Waals surface area contributed by atoms with E-state index in [1.54, 1.807) is 7.11 Å². The highest BCUT2D eigenvalue weighted by Crippen LogP contribution is 2.25. The molecule has 1 aromatic carbocycles. The van der Waals surface area contributed by atoms with E-state index in [1.165, 1.54) is 31.2 Å². The summed E-state index contributed by atoms with van der Waals surface area (Å²) in [7, 11) is 1.67. The SMILES string of the molecule is COc1ccc(N2CCN(Cc3c(O)c(CN4CCCCC4)coc3=O)CC2)cc1. The van der Waals surface area contributed by atoms with Gasteiger partial charge in [-0.1, -0.05) is 6.42 Å². The van der Waals surface area contributed by atoms with Gasteiger partial charge in [0.05, 0.1) is 12.7 Å². The number of likely N-dealkylation sites (tertiary alicyclic amines) is 1. The molecule has 0 saturated carbocycles. The molecule has 2 fully saturated rings. The van der Waals surface area contributed by atoms with Gasteiger partial charge in [0.2, 0.25) is 0 Å². The fourth-order valence-corrected chi connectivity index (χ4v) is 4.33. The fraction of sp³-hybridized carbons (Fsp3) is 0.522. The first kappa shape index (κ1) is 20.8. The summed E-state index contributed by atoms with van der Waals surface area (Å²) < 4.78 is 10.5. The summed E-state index contributed by atoms with van der Waals surface area (Å²) in [6, 6.07) is 8.08. The van der Waals surface area contributed by atoms with Crippen LogP contribution < -0.4 is 15.3 Å². The molecular formula is C23H31N3O4. The van der Waals surface area contributed by atoms with Gasteiger partial charge in [0.25, 0.3) is 0 Å². The van der Waals surface area contributed by atoms with Crippen molar-refractivity contribution in [3.8, 4) is 11.5 Å². The third-order valence-corrected chi connectivity index (χ3v) is 6.18. The smallest absolute Gasteiger partial charge is 0.343 e. The van der Waals surface area contributed by atoms with E-state index >= 15 is 0 Å². The van der Waals surface area contributed by atoms with Gasteiger partial charge in [-0.3, -0.25) is 9.80 Å². The number of rotatable bonds is 6. The standard InChI is InChI=1S/C23H31N3O4/c1-29-20-7-5-19(6-8-20)26-13-11-25(12-14-26)16-21-22(27)18(17-30-23(21)28)15-24-9-3-2-4-10-24/h5-8,17,27H,2-4,9-16H2,1H3. The molecule has 2 aliphatic heterocycles. The van der Waals surface area contributed by atoms with Crippen molar-refractivity contribution < 1.29 is 14.3 Å². The zero-order valence-electron chi connectivity index (χ0n) is 17.7. The number of aromatic hydroxyl groups is 1. The van der Waals surface area contributed by atoms with Crippen LogP contribution in [0.1, 0.15) is 30.4 Å². The first-order valence-electron chi connectivity index (χ1n) is 10.8. The molecule has 3 heterocycles. The van der Waals surface area contributed by atoms with E-state index < -0.39 is 5.63 Å². The van der Waals surface area contributed by atoms with E-state index in [-0.39, 0.29) is 5.75 Å². The molecule has 2 aliphatic rings. The average Bonchev–Trinajstić information content (AvgIpc) is 2.80. The van der Waals surface area contributed by atoms with Crippen LogP contribution in [0.5, 0.6) is 11.5 Å². The molecule has 4 rings (SSSR count). The van der Waals surface area contributed by atoms with Crippen molar-refractivity contribution in [1.82, 2.24) is 9.80 Å². The van der Waals surface area contributed by atoms with E-state index in [0.717, 1.165) is 45.0 Å². The largest absolute Gasteiger partial charge is 0.507 e. The van der Waals surface area contributed by atoms with Gasteiger partial charge < -0.3 is 19.2 Å². The fourth-order valence-electron chi connectivity index (χ4n) is 4.33. The molecule has 30 heavy (non-hydrogen) atoms. The normalized spacial score (nSPS) is 18.5. The number of piperidine rings is 1. The molecule has 1 aromatic heterocycles. The summed E-state index contributed by atoms with van der Waals surface area (Å²) >= 11 is 0. The third kappa shape index (κ3) is 4.79. The lowest BCUT2D eigenvalue weighted by Gasteiger charge is -2.36. The topological polar surface area (TPSA) is 69.4 Å². The number of anilines is 1. The Balaban J connectivity index is 1.38. The van der Waals surface area contributed by atoms with Crippen molar-refractivity contribution in [1.29, 1.82) is 0 Å². The Labute approximate surface area is 177 Å². The molecule has 7 nitrogen and oxygen atoms in total. The summed E-state index contributed by atoms with van der Waals surface area (Å²) in [5, 5.41) is 10.8. The summed E-state index contributed by atoms with van der Waals surface area (Å²) in [6.45, 7) is 6.48. The second-order valence-electron chi connectivity index (χ2n) is 8.17. The van der Waals surface area contributed by atoms with Crippen molar-refractivity contribution in [2.24, 2.45) is 0 Å². The Morgan fingerprint density at radius 1 is 0.933 bits per heavy atom. The second kappa shape index (κ2) is 9.53. The minimum atomic E-state index is -0.438. The number of ether oxygens (including phenoxy) is 1. The van der Waals surface area contributed by atoms with E-state index in [4.69, 9.17) is 9.15 Å². The van der Waals surface area contributed by atoms with Crippen LogP contribution >= 0.6 is 0 Å². The molecule has 7 heteroatoms. The van der Waals surface area contributed by atoms with Gasteiger partial charge in [-0.2, -0.15) is 0 Å². The third-order valence-electron chi connectivity index (χ3n) is 6.18. The highest BCUT2D eigenvalue weighted by atomic mass is 16.5. The quantitative estimate of drug-likeness (QED) is 0.781. The average molecular weight is 414 g/mol. The van der Waals surface area contributed by atoms with Crippen LogP contribution in [0.15, 0.2) is 39.7 Å². The predicted octanol–water partition coefficient (Wildman–Crippen LogP) is 2.66. The summed E-state index contributed by atoms with van der Waals surface area (Å²) in [5.41, 5.74) is 1.82. The highest BCUT2D eigenvalue weighted by Gasteiger charge is 2.22. The monoisotopic (exact) mass is 413 g/mol. The van der Waals surface area contributed by atoms with Crippen LogP contribution in [0.2, 0.25) is 0 Å². The first-order valence-corrected chi connectivity index (χ1v) is 10.8. The van der Waals surface area contributed by atoms with Crippen molar-refractivity contribution in [3.05, 3.63) is 52.1 Å². The molecule has 0 amide bonds. The van der Waals surface area contributed by atoms with Crippen LogP contribution in [0.4, 0.5) is 5.69 Å². The molecule has 0 spiro atoms. The second-order valence-corrected chi connectivity index (χ2v) is 8.17. The Hall–Kier alpha value is -2.51. The maximum Gasteiger partial charge on any atom is 0.343 e. The first-order chi connectivity index (χ1) is 14.6. The Morgan fingerprint density at radius 2 is 1.60 bits per heavy atom. The molecule has 2 saturated heterocycles. The Bertz CT molecular complexity index is 882. The van der Waals surface area contributed by atoms with Crippen molar-refractivity contribution in [3.63, 3.8) is 0 Å². The van der Waals surface area contributed by atoms with Crippen LogP contribution in [-0.4, -0.2) is 61.3 Å². The summed E-state index contributed by atoms with van der Waals surface area (Å²) in [6.07, 6.45) is 5.06. The van der Waals surface area contributed by atoms with Gasteiger partial charge in [0.15, 0.2) is 0 Å². The van der Waals surface area contributed by atoms with Crippen molar-refractivity contribution in [2.75, 3.05) is 51.3 Å². The predicted molar refractivity (Wildman–Crippen MR) is 116 cm³/mol. The Kier molecular flexibility index (Phi) is 6.59. The maximum atomic E-state index is 12.3. The number of benzene rings is 1. The van der Waals surface area contributed by atoms with Gasteiger partial charge in [0, 0.05) is 50.5 Å². The highest BCUT2D eigenvalue weighted by molar-refractivity contribution is 5.49. The molecule has 0 aliphatic carbocycles. The van der Waals surface area contributed by atoms with Crippen LogP contribution in [0, 0.1) is 0 Å². The lowest BCUT2D eigenvalue weighted by Crippen LogP contribution is -2.46. The van der Waals surface area contributed by atoms with Gasteiger partial charge in [-0.15, -0.1) is 0 Å². The van der Waals surface area contributed by atoms with Crippen LogP contribution in [0.25, 0.3) is 0 Å². The van der Waals surface area contributed by atoms with E-state index in [1.807, 2.05) is 12.1 Å². The van der Waals surface area contributed by atoms with Crippen LogP contribution in [-0.2, 0) is 13.1 Å². The molecule has 0 unspecified atom stereocenters. The lowest BCUT2D eigenvalue weighted by molar-refractivity contribution is 0.213. The van der Waals surface area contributed by atoms with Crippen molar-refractivity contribution in [2.45, 2.75) is 32.4 Å².